The van der Waals surface area contributed by atoms with Crippen LogP contribution in [0.2, 0.25) is 0 Å². The van der Waals surface area contributed by atoms with E-state index in [1.807, 2.05) is 61.7 Å². The van der Waals surface area contributed by atoms with E-state index in [0.29, 0.717) is 0 Å². The van der Waals surface area contributed by atoms with E-state index in [-0.39, 0.29) is 5.88 Å². The molecule has 1 fully saturated rings. The number of aromatic hydroxyl groups is 1. The molecule has 0 unspecified atom stereocenters. The molecule has 0 atom stereocenters. The minimum atomic E-state index is 0.163. The Labute approximate surface area is 190 Å². The summed E-state index contributed by atoms with van der Waals surface area (Å²) < 4.78 is 5.42. The van der Waals surface area contributed by atoms with Crippen molar-refractivity contribution in [1.29, 1.82) is 0 Å². The van der Waals surface area contributed by atoms with Crippen molar-refractivity contribution in [2.45, 2.75) is 6.92 Å². The van der Waals surface area contributed by atoms with E-state index in [4.69, 9.17) is 4.74 Å². The number of aromatic amines is 1. The number of aromatic nitrogens is 2. The normalized spacial score (nSPS) is 16.1. The minimum absolute atomic E-state index is 0.163. The molecule has 0 bridgehead atoms. The number of rotatable bonds is 3. The highest BCUT2D eigenvalue weighted by molar-refractivity contribution is 5.92. The summed E-state index contributed by atoms with van der Waals surface area (Å²) >= 11 is 0. The van der Waals surface area contributed by atoms with Gasteiger partial charge in [-0.3, -0.25) is 0 Å². The van der Waals surface area contributed by atoms with Crippen LogP contribution in [0.1, 0.15) is 16.7 Å². The monoisotopic (exact) mass is 437 g/mol. The molecule has 2 N–H and O–H groups in total. The summed E-state index contributed by atoms with van der Waals surface area (Å²) in [6.45, 7) is 5.23. The number of ether oxygens (including phenoxy) is 1. The molecule has 7 nitrogen and oxygen atoms in total. The smallest absolute Gasteiger partial charge is 0.196 e. The van der Waals surface area contributed by atoms with Gasteiger partial charge in [0.1, 0.15) is 11.5 Å². The summed E-state index contributed by atoms with van der Waals surface area (Å²) in [6, 6.07) is 16.2. The zero-order chi connectivity index (χ0) is 22.4. The Bertz CT molecular complexity index is 1510. The van der Waals surface area contributed by atoms with Crippen LogP contribution in [0.25, 0.3) is 22.7 Å². The minimum Gasteiger partial charge on any atom is -0.494 e. The number of anilines is 1. The number of morpholine rings is 1. The average Bonchev–Trinajstić information content (AvgIpc) is 3.40. The molecule has 33 heavy (non-hydrogen) atoms. The first-order valence-corrected chi connectivity index (χ1v) is 11.0. The van der Waals surface area contributed by atoms with Crippen molar-refractivity contribution in [3.8, 4) is 5.88 Å². The van der Waals surface area contributed by atoms with Gasteiger partial charge >= 0.3 is 0 Å². The van der Waals surface area contributed by atoms with Crippen LogP contribution in [-0.2, 0) is 4.74 Å². The number of fused-ring (bicyclic) bond motifs is 2. The van der Waals surface area contributed by atoms with E-state index in [1.54, 1.807) is 0 Å². The maximum atomic E-state index is 10.4. The summed E-state index contributed by atoms with van der Waals surface area (Å²) in [4.78, 5) is 9.92. The fourth-order valence-corrected chi connectivity index (χ4v) is 4.42. The van der Waals surface area contributed by atoms with Crippen molar-refractivity contribution in [2.24, 2.45) is 10.2 Å². The molecule has 6 rings (SSSR count). The van der Waals surface area contributed by atoms with Gasteiger partial charge in [0.25, 0.3) is 0 Å². The van der Waals surface area contributed by atoms with Crippen molar-refractivity contribution >= 4 is 34.2 Å². The highest BCUT2D eigenvalue weighted by Gasteiger charge is 2.15. The topological polar surface area (TPSA) is 86.1 Å². The molecule has 0 saturated carbocycles. The lowest BCUT2D eigenvalue weighted by Crippen LogP contribution is -2.36. The fourth-order valence-electron chi connectivity index (χ4n) is 4.42. The average molecular weight is 438 g/mol. The van der Waals surface area contributed by atoms with E-state index in [0.717, 1.165) is 81.5 Å². The number of hydrogen-bond donors (Lipinski definition) is 2. The molecule has 4 heterocycles. The second-order valence-electron chi connectivity index (χ2n) is 8.41. The number of benzene rings is 2. The summed E-state index contributed by atoms with van der Waals surface area (Å²) in [5, 5.41) is 22.2. The van der Waals surface area contributed by atoms with Gasteiger partial charge in [-0.15, -0.1) is 10.2 Å². The Morgan fingerprint density at radius 3 is 2.73 bits per heavy atom. The Kier molecular flexibility index (Phi) is 4.69. The lowest BCUT2D eigenvalue weighted by molar-refractivity contribution is 0.122. The van der Waals surface area contributed by atoms with Crippen molar-refractivity contribution in [3.63, 3.8) is 0 Å². The number of pyridine rings is 1. The van der Waals surface area contributed by atoms with Crippen LogP contribution in [0.15, 0.2) is 65.0 Å². The Balaban J connectivity index is 1.37. The van der Waals surface area contributed by atoms with Gasteiger partial charge in [0.2, 0.25) is 0 Å². The van der Waals surface area contributed by atoms with Crippen LogP contribution < -0.4 is 15.3 Å². The first-order chi connectivity index (χ1) is 16.2. The number of nitrogens with one attached hydrogen (secondary N) is 1. The summed E-state index contributed by atoms with van der Waals surface area (Å²) in [5.74, 6) is 1.12. The highest BCUT2D eigenvalue weighted by Crippen LogP contribution is 2.29. The second kappa shape index (κ2) is 7.86. The third kappa shape index (κ3) is 3.56. The zero-order valence-corrected chi connectivity index (χ0v) is 18.2. The van der Waals surface area contributed by atoms with Crippen LogP contribution in [-0.4, -0.2) is 41.4 Å². The van der Waals surface area contributed by atoms with Gasteiger partial charge < -0.3 is 19.7 Å². The Morgan fingerprint density at radius 2 is 1.91 bits per heavy atom. The lowest BCUT2D eigenvalue weighted by atomic mass is 10.1. The van der Waals surface area contributed by atoms with E-state index < -0.39 is 0 Å². The molecular formula is C26H23N5O2. The third-order valence-corrected chi connectivity index (χ3v) is 6.18. The van der Waals surface area contributed by atoms with Gasteiger partial charge in [-0.05, 0) is 54.6 Å². The Morgan fingerprint density at radius 1 is 1.03 bits per heavy atom. The predicted octanol–water partition coefficient (Wildman–Crippen LogP) is 3.50. The molecule has 4 aromatic rings. The van der Waals surface area contributed by atoms with Gasteiger partial charge in [-0.1, -0.05) is 17.7 Å². The van der Waals surface area contributed by atoms with Crippen LogP contribution in [0.5, 0.6) is 5.88 Å². The molecule has 0 amide bonds. The number of H-pyrrole nitrogens is 1. The molecular weight excluding hydrogens is 414 g/mol. The maximum Gasteiger partial charge on any atom is 0.196 e. The molecule has 2 aliphatic rings. The van der Waals surface area contributed by atoms with Crippen molar-refractivity contribution in [3.05, 3.63) is 81.9 Å². The van der Waals surface area contributed by atoms with Gasteiger partial charge in [-0.25, -0.2) is 4.98 Å². The molecule has 0 spiro atoms. The van der Waals surface area contributed by atoms with E-state index >= 15 is 0 Å². The number of aryl methyl sites for hydroxylation is 1. The molecule has 164 valence electrons. The lowest BCUT2D eigenvalue weighted by Gasteiger charge is -2.27. The van der Waals surface area contributed by atoms with E-state index in [9.17, 15) is 5.11 Å². The number of azo groups is 1. The maximum absolute atomic E-state index is 10.4. The van der Waals surface area contributed by atoms with E-state index in [2.05, 4.69) is 31.2 Å². The van der Waals surface area contributed by atoms with Gasteiger partial charge in [-0.2, -0.15) is 0 Å². The summed E-state index contributed by atoms with van der Waals surface area (Å²) in [7, 11) is 0. The van der Waals surface area contributed by atoms with E-state index in [1.165, 1.54) is 0 Å². The van der Waals surface area contributed by atoms with Gasteiger partial charge in [0.15, 0.2) is 5.88 Å². The number of nitrogens with zero attached hydrogens (tertiary/aromatic N) is 4. The van der Waals surface area contributed by atoms with Crippen LogP contribution in [0, 0.1) is 6.92 Å². The molecule has 0 radical (unpaired) electrons. The molecule has 0 aliphatic carbocycles. The van der Waals surface area contributed by atoms with Crippen LogP contribution >= 0.6 is 0 Å². The summed E-state index contributed by atoms with van der Waals surface area (Å²) in [5.41, 5.74) is 5.40. The first kappa shape index (κ1) is 19.7. The van der Waals surface area contributed by atoms with Crippen molar-refractivity contribution < 1.29 is 9.84 Å². The van der Waals surface area contributed by atoms with Gasteiger partial charge in [0.05, 0.1) is 18.9 Å². The predicted molar refractivity (Wildman–Crippen MR) is 128 cm³/mol. The second-order valence-corrected chi connectivity index (χ2v) is 8.41. The van der Waals surface area contributed by atoms with Gasteiger partial charge in [0, 0.05) is 46.5 Å². The molecule has 7 heteroatoms. The third-order valence-electron chi connectivity index (χ3n) is 6.18. The van der Waals surface area contributed by atoms with Crippen LogP contribution in [0.4, 0.5) is 11.5 Å². The standard InChI is InChI=1S/C26H23N5O2/c1-16-2-6-22-20(12-16)21(26(32)28-22)13-17-3-5-19-23(14-17)29-30-25(19)18-4-7-24(27-15-18)31-8-10-33-11-9-31/h2-7,12-15,28,32H,8-11H2,1H3/b17-13+. The zero-order valence-electron chi connectivity index (χ0n) is 18.2. The fraction of sp³-hybridized carbons (Fsp3) is 0.192. The largest absolute Gasteiger partial charge is 0.494 e. The Hall–Kier alpha value is -3.97. The quantitative estimate of drug-likeness (QED) is 0.514. The number of hydrogen-bond acceptors (Lipinski definition) is 6. The first-order valence-electron chi connectivity index (χ1n) is 11.0. The van der Waals surface area contributed by atoms with Crippen molar-refractivity contribution in [1.82, 2.24) is 9.97 Å². The molecule has 2 aliphatic heterocycles. The molecule has 1 saturated heterocycles. The SMILES string of the molecule is Cc1ccc2[nH]c(O)c(/C=c3\ccc4c(c3)N=NC=4c3ccc(N4CCOCC4)nc3)c2c1. The highest BCUT2D eigenvalue weighted by atomic mass is 16.5. The summed E-state index contributed by atoms with van der Waals surface area (Å²) in [6.07, 6.45) is 3.83. The molecule has 2 aromatic carbocycles. The van der Waals surface area contributed by atoms with Crippen LogP contribution in [0.3, 0.4) is 0 Å². The van der Waals surface area contributed by atoms with Crippen molar-refractivity contribution in [2.75, 3.05) is 31.2 Å². The molecule has 2 aromatic heterocycles.